The van der Waals surface area contributed by atoms with Gasteiger partial charge in [0.2, 0.25) is 0 Å². The van der Waals surface area contributed by atoms with Crippen molar-refractivity contribution in [2.24, 2.45) is 0 Å². The van der Waals surface area contributed by atoms with Crippen LogP contribution in [0, 0.1) is 0 Å². The summed E-state index contributed by atoms with van der Waals surface area (Å²) in [7, 11) is 0. The number of aromatic nitrogens is 5. The lowest BCUT2D eigenvalue weighted by Gasteiger charge is -2.31. The molecule has 0 unspecified atom stereocenters. The van der Waals surface area contributed by atoms with Crippen molar-refractivity contribution < 1.29 is 19.4 Å². The van der Waals surface area contributed by atoms with Gasteiger partial charge in [0, 0.05) is 31.0 Å². The van der Waals surface area contributed by atoms with E-state index in [1.807, 2.05) is 16.5 Å². The maximum atomic E-state index is 13.7. The number of fused-ring (bicyclic) bond motifs is 2. The van der Waals surface area contributed by atoms with Crippen LogP contribution in [0.4, 0.5) is 22.0 Å². The smallest absolute Gasteiger partial charge is 0.417 e. The van der Waals surface area contributed by atoms with Gasteiger partial charge < -0.3 is 20.1 Å². The Kier molecular flexibility index (Phi) is 6.34. The fourth-order valence-electron chi connectivity index (χ4n) is 5.03. The Morgan fingerprint density at radius 3 is 2.60 bits per heavy atom. The van der Waals surface area contributed by atoms with Crippen LogP contribution in [0.2, 0.25) is 0 Å². The van der Waals surface area contributed by atoms with Crippen molar-refractivity contribution in [3.63, 3.8) is 0 Å². The zero-order chi connectivity index (χ0) is 28.0. The van der Waals surface area contributed by atoms with Crippen LogP contribution in [-0.4, -0.2) is 71.1 Å². The quantitative estimate of drug-likeness (QED) is 0.392. The van der Waals surface area contributed by atoms with Crippen molar-refractivity contribution >= 4 is 34.8 Å². The summed E-state index contributed by atoms with van der Waals surface area (Å²) in [5.74, 6) is 0.0455. The molecule has 0 aromatic carbocycles. The molecule has 0 bridgehead atoms. The minimum absolute atomic E-state index is 0.000798. The van der Waals surface area contributed by atoms with Gasteiger partial charge in [0.25, 0.3) is 5.91 Å². The Bertz CT molecular complexity index is 1590. The molecule has 2 N–H and O–H groups in total. The predicted octanol–water partition coefficient (Wildman–Crippen LogP) is 3.78. The van der Waals surface area contributed by atoms with Gasteiger partial charge in [-0.3, -0.25) is 19.2 Å². The fraction of sp³-hybridized carbons (Fsp3) is 0.357. The number of imide groups is 1. The Labute approximate surface area is 230 Å². The number of pyridine rings is 2. The number of carbonyl (C=O) groups is 2. The average molecular weight is 543 g/mol. The summed E-state index contributed by atoms with van der Waals surface area (Å²) in [6, 6.07) is 3.79. The minimum atomic E-state index is -0.765. The predicted molar refractivity (Wildman–Crippen MR) is 147 cm³/mol. The Morgan fingerprint density at radius 2 is 1.88 bits per heavy atom. The van der Waals surface area contributed by atoms with Gasteiger partial charge in [-0.1, -0.05) is 0 Å². The number of aliphatic hydroxyl groups excluding tert-OH is 1. The molecule has 2 aliphatic rings. The number of aliphatic hydroxyl groups is 1. The third kappa shape index (κ3) is 4.81. The molecule has 6 heterocycles. The van der Waals surface area contributed by atoms with Crippen LogP contribution in [0.3, 0.4) is 0 Å². The highest BCUT2D eigenvalue weighted by molar-refractivity contribution is 6.11. The number of amides is 2. The number of ether oxygens (including phenoxy) is 1. The molecule has 2 aliphatic heterocycles. The zero-order valence-electron chi connectivity index (χ0n) is 22.5. The lowest BCUT2D eigenvalue weighted by molar-refractivity contribution is 0.0248. The molecular weight excluding hydrogens is 512 g/mol. The molecule has 0 atom stereocenters. The standard InChI is InChI=1S/C28H30N8O4/c1-28(2,3)40-27(39)36-16-19-24(26(36)38)20(13-32-25(19)21-14-29-15-23-30-8-11-35(21)23)33-22-5-4-17(12-31-22)34-9-6-18(37)7-10-34/h4-5,8,11-15,18,37H,6-7,9-10,16H2,1-3H3,(H,31,33). The normalized spacial score (nSPS) is 15.9. The number of rotatable bonds is 4. The summed E-state index contributed by atoms with van der Waals surface area (Å²) >= 11 is 0. The molecule has 40 heavy (non-hydrogen) atoms. The lowest BCUT2D eigenvalue weighted by Crippen LogP contribution is -2.37. The van der Waals surface area contributed by atoms with Crippen molar-refractivity contribution in [3.05, 3.63) is 60.4 Å². The number of hydrogen-bond acceptors (Lipinski definition) is 10. The second kappa shape index (κ2) is 9.87. The molecule has 1 fully saturated rings. The molecule has 1 saturated heterocycles. The maximum Gasteiger partial charge on any atom is 0.417 e. The second-order valence-electron chi connectivity index (χ2n) is 10.9. The number of nitrogens with one attached hydrogen (secondary N) is 1. The summed E-state index contributed by atoms with van der Waals surface area (Å²) < 4.78 is 7.36. The number of piperidine rings is 1. The first-order valence-electron chi connectivity index (χ1n) is 13.2. The monoisotopic (exact) mass is 542 g/mol. The van der Waals surface area contributed by atoms with E-state index in [9.17, 15) is 14.7 Å². The molecule has 0 spiro atoms. The summed E-state index contributed by atoms with van der Waals surface area (Å²) in [4.78, 5) is 47.8. The van der Waals surface area contributed by atoms with Gasteiger partial charge in [0.1, 0.15) is 11.4 Å². The summed E-state index contributed by atoms with van der Waals surface area (Å²) in [5, 5.41) is 13.0. The first kappa shape index (κ1) is 25.7. The molecule has 206 valence electrons. The number of hydrogen-bond donors (Lipinski definition) is 2. The average Bonchev–Trinajstić information content (AvgIpc) is 3.54. The molecule has 2 amide bonds. The van der Waals surface area contributed by atoms with Crippen molar-refractivity contribution in [1.29, 1.82) is 0 Å². The van der Waals surface area contributed by atoms with Crippen molar-refractivity contribution in [2.45, 2.75) is 51.9 Å². The molecule has 12 nitrogen and oxygen atoms in total. The van der Waals surface area contributed by atoms with Crippen molar-refractivity contribution in [1.82, 2.24) is 29.2 Å². The Hall–Kier alpha value is -4.58. The van der Waals surface area contributed by atoms with E-state index in [-0.39, 0.29) is 12.6 Å². The molecule has 12 heteroatoms. The van der Waals surface area contributed by atoms with Gasteiger partial charge in [0.15, 0.2) is 5.65 Å². The number of nitrogens with zero attached hydrogens (tertiary/aromatic N) is 7. The van der Waals surface area contributed by atoms with Crippen molar-refractivity contribution in [3.8, 4) is 11.4 Å². The highest BCUT2D eigenvalue weighted by atomic mass is 16.6. The van der Waals surface area contributed by atoms with Gasteiger partial charge in [-0.25, -0.2) is 19.7 Å². The maximum absolute atomic E-state index is 13.7. The summed E-state index contributed by atoms with van der Waals surface area (Å²) in [5.41, 5.74) is 3.33. The van der Waals surface area contributed by atoms with Crippen LogP contribution in [0.1, 0.15) is 49.5 Å². The molecule has 0 saturated carbocycles. The van der Waals surface area contributed by atoms with Gasteiger partial charge in [-0.2, -0.15) is 0 Å². The number of carbonyl (C=O) groups excluding carboxylic acids is 2. The highest BCUT2D eigenvalue weighted by Crippen LogP contribution is 2.37. The second-order valence-corrected chi connectivity index (χ2v) is 10.9. The fourth-order valence-corrected chi connectivity index (χ4v) is 5.03. The van der Waals surface area contributed by atoms with E-state index >= 15 is 0 Å². The molecule has 0 radical (unpaired) electrons. The Morgan fingerprint density at radius 1 is 1.07 bits per heavy atom. The van der Waals surface area contributed by atoms with E-state index in [2.05, 4.69) is 25.2 Å². The van der Waals surface area contributed by atoms with Crippen LogP contribution < -0.4 is 10.2 Å². The van der Waals surface area contributed by atoms with Crippen LogP contribution in [0.15, 0.2) is 49.3 Å². The van der Waals surface area contributed by atoms with Gasteiger partial charge in [-0.15, -0.1) is 0 Å². The van der Waals surface area contributed by atoms with E-state index in [1.54, 1.807) is 58.0 Å². The third-order valence-corrected chi connectivity index (χ3v) is 6.97. The summed E-state index contributed by atoms with van der Waals surface area (Å²) in [6.07, 6.45) is 10.6. The van der Waals surface area contributed by atoms with Crippen LogP contribution in [0.25, 0.3) is 17.0 Å². The van der Waals surface area contributed by atoms with E-state index < -0.39 is 17.6 Å². The highest BCUT2D eigenvalue weighted by Gasteiger charge is 2.39. The van der Waals surface area contributed by atoms with Crippen LogP contribution >= 0.6 is 0 Å². The van der Waals surface area contributed by atoms with Gasteiger partial charge >= 0.3 is 6.09 Å². The third-order valence-electron chi connectivity index (χ3n) is 6.97. The SMILES string of the molecule is CC(C)(C)OC(=O)N1Cc2c(-c3cncc4nccn34)ncc(Nc3ccc(N4CCC(O)CC4)cn3)c2C1=O. The molecule has 6 rings (SSSR count). The van der Waals surface area contributed by atoms with Gasteiger partial charge in [0.05, 0.1) is 65.8 Å². The van der Waals surface area contributed by atoms with Crippen LogP contribution in [-0.2, 0) is 11.3 Å². The van der Waals surface area contributed by atoms with E-state index in [1.165, 1.54) is 0 Å². The first-order valence-corrected chi connectivity index (χ1v) is 13.2. The van der Waals surface area contributed by atoms with E-state index in [0.717, 1.165) is 36.5 Å². The Balaban J connectivity index is 1.36. The first-order chi connectivity index (χ1) is 19.2. The topological polar surface area (TPSA) is 138 Å². The van der Waals surface area contributed by atoms with Crippen LogP contribution in [0.5, 0.6) is 0 Å². The molecule has 0 aliphatic carbocycles. The van der Waals surface area contributed by atoms with E-state index in [0.29, 0.717) is 39.7 Å². The number of anilines is 3. The van der Waals surface area contributed by atoms with E-state index in [4.69, 9.17) is 9.72 Å². The lowest BCUT2D eigenvalue weighted by atomic mass is 10.1. The van der Waals surface area contributed by atoms with Gasteiger partial charge in [-0.05, 0) is 45.7 Å². The molecule has 4 aromatic rings. The summed E-state index contributed by atoms with van der Waals surface area (Å²) in [6.45, 7) is 6.80. The molecular formula is C28H30N8O4. The minimum Gasteiger partial charge on any atom is -0.443 e. The van der Waals surface area contributed by atoms with Crippen molar-refractivity contribution in [2.75, 3.05) is 23.3 Å². The number of imidazole rings is 1. The largest absolute Gasteiger partial charge is 0.443 e. The zero-order valence-corrected chi connectivity index (χ0v) is 22.5. The molecule has 4 aromatic heterocycles.